The Balaban J connectivity index is 1.60. The van der Waals surface area contributed by atoms with Gasteiger partial charge in [-0.25, -0.2) is 9.37 Å². The fourth-order valence-corrected chi connectivity index (χ4v) is 4.31. The summed E-state index contributed by atoms with van der Waals surface area (Å²) in [6.45, 7) is -3.10. The number of nitrogens with zero attached hydrogens (tertiary/aromatic N) is 2. The van der Waals surface area contributed by atoms with Crippen molar-refractivity contribution >= 4 is 11.4 Å². The number of aromatic nitrogens is 2. The van der Waals surface area contributed by atoms with Crippen molar-refractivity contribution in [3.05, 3.63) is 47.5 Å². The number of alkyl halides is 2. The first-order chi connectivity index (χ1) is 15.4. The normalized spacial score (nSPS) is 16.4. The number of hydrogen-bond donors (Lipinski definition) is 0. The zero-order chi connectivity index (χ0) is 22.4. The van der Waals surface area contributed by atoms with Crippen molar-refractivity contribution in [3.63, 3.8) is 0 Å². The first-order valence-electron chi connectivity index (χ1n) is 10.8. The molecule has 2 heterocycles. The minimum Gasteiger partial charge on any atom is -0.496 e. The fraction of sp³-hybridized carbons (Fsp3) is 0.417. The lowest BCUT2D eigenvalue weighted by Gasteiger charge is -2.26. The number of ether oxygens (including phenoxy) is 2. The van der Waals surface area contributed by atoms with E-state index in [2.05, 4.69) is 4.98 Å². The van der Waals surface area contributed by atoms with Crippen LogP contribution in [0.4, 0.5) is 13.2 Å². The Morgan fingerprint density at radius 3 is 2.56 bits per heavy atom. The molecule has 2 aliphatic carbocycles. The molecular weight excluding hydrogens is 421 g/mol. The molecule has 3 aromatic rings. The van der Waals surface area contributed by atoms with Crippen LogP contribution < -0.4 is 9.47 Å². The van der Waals surface area contributed by atoms with Crippen LogP contribution in [0.1, 0.15) is 60.4 Å². The van der Waals surface area contributed by atoms with Crippen LogP contribution in [0.2, 0.25) is 0 Å². The first-order valence-corrected chi connectivity index (χ1v) is 10.8. The number of imidazole rings is 1. The molecule has 0 amide bonds. The van der Waals surface area contributed by atoms with Crippen LogP contribution in [0.25, 0.3) is 16.9 Å². The van der Waals surface area contributed by atoms with Gasteiger partial charge in [0.25, 0.3) is 0 Å². The van der Waals surface area contributed by atoms with Crippen LogP contribution in [-0.2, 0) is 0 Å². The number of rotatable bonds is 8. The number of halogens is 3. The molecule has 0 atom stereocenters. The molecule has 0 N–H and O–H groups in total. The molecular formula is C24H23F3N2O3. The zero-order valence-electron chi connectivity index (χ0n) is 17.6. The Labute approximate surface area is 183 Å². The molecule has 2 aliphatic rings. The average molecular weight is 444 g/mol. The van der Waals surface area contributed by atoms with E-state index in [0.717, 1.165) is 32.1 Å². The number of carbonyl (C=O) groups excluding carboxylic acids is 1. The van der Waals surface area contributed by atoms with Gasteiger partial charge in [-0.2, -0.15) is 8.78 Å². The summed E-state index contributed by atoms with van der Waals surface area (Å²) in [5, 5.41) is 0. The second-order valence-electron chi connectivity index (χ2n) is 8.58. The third-order valence-electron chi connectivity index (χ3n) is 6.42. The van der Waals surface area contributed by atoms with E-state index in [1.165, 1.54) is 19.4 Å². The minimum absolute atomic E-state index is 0.00993. The van der Waals surface area contributed by atoms with E-state index in [1.807, 2.05) is 0 Å². The van der Waals surface area contributed by atoms with E-state index in [4.69, 9.17) is 9.47 Å². The van der Waals surface area contributed by atoms with Gasteiger partial charge in [0, 0.05) is 18.2 Å². The van der Waals surface area contributed by atoms with E-state index >= 15 is 0 Å². The summed E-state index contributed by atoms with van der Waals surface area (Å²) in [5.74, 6) is -0.234. The van der Waals surface area contributed by atoms with E-state index < -0.39 is 6.61 Å². The van der Waals surface area contributed by atoms with Crippen molar-refractivity contribution in [3.8, 4) is 22.8 Å². The van der Waals surface area contributed by atoms with E-state index in [9.17, 15) is 18.0 Å². The van der Waals surface area contributed by atoms with Crippen LogP contribution in [0.3, 0.4) is 0 Å². The molecule has 168 valence electrons. The van der Waals surface area contributed by atoms with Gasteiger partial charge < -0.3 is 9.47 Å². The van der Waals surface area contributed by atoms with Gasteiger partial charge in [-0.3, -0.25) is 9.20 Å². The molecule has 0 bridgehead atoms. The highest BCUT2D eigenvalue weighted by molar-refractivity contribution is 6.02. The number of carbonyl (C=O) groups is 1. The number of Topliss-reactive ketones (excluding diaryl/α,β-unsaturated/α-hetero) is 1. The van der Waals surface area contributed by atoms with Crippen molar-refractivity contribution in [1.82, 2.24) is 9.38 Å². The summed E-state index contributed by atoms with van der Waals surface area (Å²) in [7, 11) is 1.37. The van der Waals surface area contributed by atoms with Crippen molar-refractivity contribution in [2.75, 3.05) is 7.11 Å². The number of ketones is 1. The second-order valence-corrected chi connectivity index (χ2v) is 8.58. The van der Waals surface area contributed by atoms with Crippen LogP contribution >= 0.6 is 0 Å². The summed E-state index contributed by atoms with van der Waals surface area (Å²) >= 11 is 0. The highest BCUT2D eigenvalue weighted by atomic mass is 19.3. The van der Waals surface area contributed by atoms with Gasteiger partial charge in [-0.05, 0) is 61.3 Å². The maximum absolute atomic E-state index is 14.8. The molecule has 32 heavy (non-hydrogen) atoms. The number of hydrogen-bond acceptors (Lipinski definition) is 4. The molecule has 1 aromatic carbocycles. The summed E-state index contributed by atoms with van der Waals surface area (Å²) in [6.07, 6.45) is 8.10. The molecule has 2 aromatic heterocycles. The molecule has 0 saturated heterocycles. The van der Waals surface area contributed by atoms with Gasteiger partial charge in [0.1, 0.15) is 28.5 Å². The largest absolute Gasteiger partial charge is 0.496 e. The molecule has 0 aliphatic heterocycles. The highest BCUT2D eigenvalue weighted by Crippen LogP contribution is 2.41. The number of pyridine rings is 1. The molecule has 0 spiro atoms. The molecule has 0 unspecified atom stereocenters. The van der Waals surface area contributed by atoms with Crippen molar-refractivity contribution in [1.29, 1.82) is 0 Å². The monoisotopic (exact) mass is 444 g/mol. The Bertz CT molecular complexity index is 1180. The van der Waals surface area contributed by atoms with Gasteiger partial charge in [0.15, 0.2) is 5.78 Å². The average Bonchev–Trinajstić information content (AvgIpc) is 3.43. The SMILES string of the molecule is COc1cc(-c2cnc3cc(C4CCC4)c(F)cn23)cc(OC(F)F)c1C(=O)CC1CC1. The van der Waals surface area contributed by atoms with E-state index in [-0.39, 0.29) is 46.9 Å². The van der Waals surface area contributed by atoms with Gasteiger partial charge in [-0.15, -0.1) is 0 Å². The fourth-order valence-electron chi connectivity index (χ4n) is 4.31. The lowest BCUT2D eigenvalue weighted by Crippen LogP contribution is -2.12. The molecule has 2 saturated carbocycles. The van der Waals surface area contributed by atoms with Gasteiger partial charge in [0.2, 0.25) is 0 Å². The standard InChI is InChI=1S/C24H23F3N2O3/c1-31-20-8-15(9-21(32-24(26)27)23(20)19(30)7-13-5-6-13)18-11-28-22-10-16(14-3-2-4-14)17(25)12-29(18)22/h8-14,24H,2-7H2,1H3. The van der Waals surface area contributed by atoms with Crippen molar-refractivity contribution < 1.29 is 27.4 Å². The number of benzene rings is 1. The minimum atomic E-state index is -3.10. The summed E-state index contributed by atoms with van der Waals surface area (Å²) in [6, 6.07) is 4.69. The Kier molecular flexibility index (Phi) is 5.31. The van der Waals surface area contributed by atoms with Gasteiger partial charge >= 0.3 is 6.61 Å². The predicted octanol–water partition coefficient (Wildman–Crippen LogP) is 6.00. The molecule has 5 nitrogen and oxygen atoms in total. The third kappa shape index (κ3) is 3.82. The molecule has 8 heteroatoms. The Morgan fingerprint density at radius 1 is 1.19 bits per heavy atom. The molecule has 2 fully saturated rings. The van der Waals surface area contributed by atoms with Crippen LogP contribution in [-0.4, -0.2) is 28.9 Å². The lowest BCUT2D eigenvalue weighted by atomic mass is 9.80. The maximum atomic E-state index is 14.8. The third-order valence-corrected chi connectivity index (χ3v) is 6.42. The lowest BCUT2D eigenvalue weighted by molar-refractivity contribution is -0.0502. The van der Waals surface area contributed by atoms with Crippen molar-refractivity contribution in [2.24, 2.45) is 5.92 Å². The zero-order valence-corrected chi connectivity index (χ0v) is 17.6. The van der Waals surface area contributed by atoms with E-state index in [0.29, 0.717) is 22.5 Å². The summed E-state index contributed by atoms with van der Waals surface area (Å²) < 4.78 is 52.8. The Hall–Kier alpha value is -3.03. The smallest absolute Gasteiger partial charge is 0.387 e. The van der Waals surface area contributed by atoms with Crippen LogP contribution in [0, 0.1) is 11.7 Å². The first kappa shape index (κ1) is 20.8. The molecule has 0 radical (unpaired) electrons. The number of fused-ring (bicyclic) bond motifs is 1. The quantitative estimate of drug-likeness (QED) is 0.400. The predicted molar refractivity (Wildman–Crippen MR) is 112 cm³/mol. The summed E-state index contributed by atoms with van der Waals surface area (Å²) in [5.41, 5.74) is 2.14. The second kappa shape index (κ2) is 8.15. The highest BCUT2D eigenvalue weighted by Gasteiger charge is 2.30. The number of methoxy groups -OCH3 is 1. The topological polar surface area (TPSA) is 52.8 Å². The summed E-state index contributed by atoms with van der Waals surface area (Å²) in [4.78, 5) is 17.2. The van der Waals surface area contributed by atoms with Crippen LogP contribution in [0.15, 0.2) is 30.6 Å². The molecule has 5 rings (SSSR count). The maximum Gasteiger partial charge on any atom is 0.387 e. The van der Waals surface area contributed by atoms with Gasteiger partial charge in [-0.1, -0.05) is 6.42 Å². The van der Waals surface area contributed by atoms with Crippen molar-refractivity contribution in [2.45, 2.75) is 51.1 Å². The van der Waals surface area contributed by atoms with Gasteiger partial charge in [0.05, 0.1) is 19.0 Å². The van der Waals surface area contributed by atoms with E-state index in [1.54, 1.807) is 22.7 Å². The Morgan fingerprint density at radius 2 is 1.94 bits per heavy atom. The van der Waals surface area contributed by atoms with Crippen LogP contribution in [0.5, 0.6) is 11.5 Å².